The third-order valence-corrected chi connectivity index (χ3v) is 3.97. The molecule has 1 aliphatic rings. The van der Waals surface area contributed by atoms with Gasteiger partial charge >= 0.3 is 0 Å². The van der Waals surface area contributed by atoms with E-state index in [1.807, 2.05) is 11.6 Å². The third kappa shape index (κ3) is 2.01. The van der Waals surface area contributed by atoms with Crippen molar-refractivity contribution in [3.05, 3.63) is 35.4 Å². The Bertz CT molecular complexity index is 640. The number of halogens is 1. The maximum atomic E-state index is 14.2. The van der Waals surface area contributed by atoms with Crippen LogP contribution >= 0.6 is 0 Å². The molecule has 0 aliphatic carbocycles. The summed E-state index contributed by atoms with van der Waals surface area (Å²) < 4.78 is 21.1. The zero-order chi connectivity index (χ0) is 14.3. The Balaban J connectivity index is 1.96. The van der Waals surface area contributed by atoms with Crippen LogP contribution in [0, 0.1) is 5.82 Å². The first-order valence-corrected chi connectivity index (χ1v) is 6.64. The fourth-order valence-electron chi connectivity index (χ4n) is 2.92. The number of anilines is 1. The number of benzene rings is 1. The monoisotopic (exact) mass is 276 g/mol. The number of aromatic nitrogens is 3. The lowest BCUT2D eigenvalue weighted by atomic mass is 9.85. The zero-order valence-corrected chi connectivity index (χ0v) is 11.5. The molecule has 0 radical (unpaired) electrons. The Morgan fingerprint density at radius 3 is 2.95 bits per heavy atom. The molecule has 2 atom stereocenters. The molecule has 2 unspecified atom stereocenters. The van der Waals surface area contributed by atoms with Crippen LogP contribution in [0.2, 0.25) is 0 Å². The van der Waals surface area contributed by atoms with Crippen molar-refractivity contribution in [1.82, 2.24) is 14.8 Å². The van der Waals surface area contributed by atoms with Crippen molar-refractivity contribution in [3.63, 3.8) is 0 Å². The van der Waals surface area contributed by atoms with Crippen molar-refractivity contribution < 1.29 is 9.13 Å². The highest BCUT2D eigenvalue weighted by Crippen LogP contribution is 2.38. The van der Waals surface area contributed by atoms with E-state index in [9.17, 15) is 4.39 Å². The van der Waals surface area contributed by atoms with E-state index in [-0.39, 0.29) is 23.7 Å². The van der Waals surface area contributed by atoms with Gasteiger partial charge in [-0.3, -0.25) is 0 Å². The molecule has 106 valence electrons. The van der Waals surface area contributed by atoms with Gasteiger partial charge in [-0.25, -0.2) is 9.07 Å². The molecule has 0 fully saturated rings. The highest BCUT2D eigenvalue weighted by molar-refractivity contribution is 5.32. The zero-order valence-electron chi connectivity index (χ0n) is 11.5. The van der Waals surface area contributed by atoms with Crippen LogP contribution in [-0.4, -0.2) is 21.9 Å². The molecule has 2 N–H and O–H groups in total. The fourth-order valence-corrected chi connectivity index (χ4v) is 2.92. The first-order valence-electron chi connectivity index (χ1n) is 6.64. The Morgan fingerprint density at radius 1 is 1.45 bits per heavy atom. The Morgan fingerprint density at radius 2 is 2.25 bits per heavy atom. The molecule has 20 heavy (non-hydrogen) atoms. The van der Waals surface area contributed by atoms with E-state index in [1.165, 1.54) is 13.2 Å². The molecule has 0 spiro atoms. The minimum absolute atomic E-state index is 0.0337. The van der Waals surface area contributed by atoms with Gasteiger partial charge in [0.15, 0.2) is 0 Å². The van der Waals surface area contributed by atoms with Crippen molar-refractivity contribution in [2.75, 3.05) is 12.8 Å². The molecule has 0 saturated heterocycles. The van der Waals surface area contributed by atoms with Crippen molar-refractivity contribution in [2.24, 2.45) is 0 Å². The molecule has 1 aromatic heterocycles. The summed E-state index contributed by atoms with van der Waals surface area (Å²) in [5.41, 5.74) is 6.33. The van der Waals surface area contributed by atoms with E-state index >= 15 is 0 Å². The average Bonchev–Trinajstić information content (AvgIpc) is 2.81. The molecule has 0 bridgehead atoms. The summed E-state index contributed by atoms with van der Waals surface area (Å²) in [4.78, 5) is 4.20. The van der Waals surface area contributed by atoms with Gasteiger partial charge in [-0.2, -0.15) is 4.98 Å². The summed E-state index contributed by atoms with van der Waals surface area (Å²) in [6.45, 7) is 2.02. The molecule has 0 amide bonds. The van der Waals surface area contributed by atoms with E-state index in [4.69, 9.17) is 10.5 Å². The van der Waals surface area contributed by atoms with Gasteiger partial charge < -0.3 is 10.5 Å². The van der Waals surface area contributed by atoms with Crippen LogP contribution in [0.25, 0.3) is 0 Å². The van der Waals surface area contributed by atoms with Crippen molar-refractivity contribution in [1.29, 1.82) is 0 Å². The van der Waals surface area contributed by atoms with E-state index < -0.39 is 0 Å². The highest BCUT2D eigenvalue weighted by atomic mass is 19.1. The maximum absolute atomic E-state index is 14.2. The quantitative estimate of drug-likeness (QED) is 0.914. The van der Waals surface area contributed by atoms with Crippen LogP contribution in [0.1, 0.15) is 36.7 Å². The van der Waals surface area contributed by atoms with Gasteiger partial charge in [0.2, 0.25) is 5.95 Å². The standard InChI is InChI=1S/C14H17FN4O/c1-8-10(5-6-13-17-14(16)18-19(8)13)11-4-3-9(20-2)7-12(11)15/h3-4,7-8,10H,5-6H2,1-2H3,(H2,16,18). The summed E-state index contributed by atoms with van der Waals surface area (Å²) >= 11 is 0. The Hall–Kier alpha value is -2.11. The van der Waals surface area contributed by atoms with Gasteiger partial charge in [0.1, 0.15) is 17.4 Å². The molecular weight excluding hydrogens is 259 g/mol. The molecule has 2 heterocycles. The van der Waals surface area contributed by atoms with Gasteiger partial charge in [-0.15, -0.1) is 5.10 Å². The number of methoxy groups -OCH3 is 1. The number of hydrogen-bond donors (Lipinski definition) is 1. The van der Waals surface area contributed by atoms with Crippen LogP contribution in [0.4, 0.5) is 10.3 Å². The number of nitrogens with two attached hydrogens (primary N) is 1. The number of aryl methyl sites for hydroxylation is 1. The third-order valence-electron chi connectivity index (χ3n) is 3.97. The predicted molar refractivity (Wildman–Crippen MR) is 73.2 cm³/mol. The van der Waals surface area contributed by atoms with E-state index in [0.717, 1.165) is 18.7 Å². The average molecular weight is 276 g/mol. The van der Waals surface area contributed by atoms with Crippen LogP contribution in [0.3, 0.4) is 0 Å². The number of rotatable bonds is 2. The van der Waals surface area contributed by atoms with Gasteiger partial charge in [0.05, 0.1) is 13.2 Å². The molecular formula is C14H17FN4O. The van der Waals surface area contributed by atoms with E-state index in [0.29, 0.717) is 11.3 Å². The number of nitrogen functional groups attached to an aromatic ring is 1. The van der Waals surface area contributed by atoms with E-state index in [1.54, 1.807) is 12.1 Å². The van der Waals surface area contributed by atoms with Crippen LogP contribution in [-0.2, 0) is 6.42 Å². The second kappa shape index (κ2) is 4.77. The smallest absolute Gasteiger partial charge is 0.239 e. The van der Waals surface area contributed by atoms with Crippen LogP contribution in [0.5, 0.6) is 5.75 Å². The largest absolute Gasteiger partial charge is 0.497 e. The molecule has 5 nitrogen and oxygen atoms in total. The lowest BCUT2D eigenvalue weighted by Gasteiger charge is -2.30. The summed E-state index contributed by atoms with van der Waals surface area (Å²) in [5, 5.41) is 4.21. The number of hydrogen-bond acceptors (Lipinski definition) is 4. The molecule has 1 aromatic carbocycles. The minimum Gasteiger partial charge on any atom is -0.497 e. The van der Waals surface area contributed by atoms with Gasteiger partial charge in [0.25, 0.3) is 0 Å². The highest BCUT2D eigenvalue weighted by Gasteiger charge is 2.31. The summed E-state index contributed by atoms with van der Waals surface area (Å²) in [6.07, 6.45) is 1.59. The molecule has 2 aromatic rings. The molecule has 3 rings (SSSR count). The van der Waals surface area contributed by atoms with Gasteiger partial charge in [0, 0.05) is 18.4 Å². The van der Waals surface area contributed by atoms with Crippen molar-refractivity contribution in [3.8, 4) is 5.75 Å². The summed E-state index contributed by atoms with van der Waals surface area (Å²) in [7, 11) is 1.53. The summed E-state index contributed by atoms with van der Waals surface area (Å²) in [6, 6.07) is 5.04. The van der Waals surface area contributed by atoms with Gasteiger partial charge in [-0.05, 0) is 25.0 Å². The first-order chi connectivity index (χ1) is 9.60. The maximum Gasteiger partial charge on any atom is 0.239 e. The Kier molecular flexibility index (Phi) is 3.08. The lowest BCUT2D eigenvalue weighted by Crippen LogP contribution is -2.25. The van der Waals surface area contributed by atoms with Crippen molar-refractivity contribution >= 4 is 5.95 Å². The first kappa shape index (κ1) is 12.9. The minimum atomic E-state index is -0.238. The second-order valence-corrected chi connectivity index (χ2v) is 5.10. The molecule has 0 saturated carbocycles. The SMILES string of the molecule is COc1ccc(C2CCc3nc(N)nn3C2C)c(F)c1. The van der Waals surface area contributed by atoms with Crippen molar-refractivity contribution in [2.45, 2.75) is 31.7 Å². The topological polar surface area (TPSA) is 66.0 Å². The van der Waals surface area contributed by atoms with Gasteiger partial charge in [-0.1, -0.05) is 6.07 Å². The van der Waals surface area contributed by atoms with Crippen LogP contribution < -0.4 is 10.5 Å². The second-order valence-electron chi connectivity index (χ2n) is 5.10. The number of ether oxygens (including phenoxy) is 1. The number of nitrogens with zero attached hydrogens (tertiary/aromatic N) is 3. The van der Waals surface area contributed by atoms with E-state index in [2.05, 4.69) is 10.1 Å². The number of fused-ring (bicyclic) bond motifs is 1. The molecule has 6 heteroatoms. The lowest BCUT2D eigenvalue weighted by molar-refractivity contribution is 0.330. The fraction of sp³-hybridized carbons (Fsp3) is 0.429. The normalized spacial score (nSPS) is 21.6. The summed E-state index contributed by atoms with van der Waals surface area (Å²) in [5.74, 6) is 1.51. The predicted octanol–water partition coefficient (Wildman–Crippen LogP) is 2.30. The Labute approximate surface area is 116 Å². The molecule has 1 aliphatic heterocycles. The van der Waals surface area contributed by atoms with Crippen LogP contribution in [0.15, 0.2) is 18.2 Å².